The smallest absolute Gasteiger partial charge is 0.262 e. The number of thiazole rings is 1. The van der Waals surface area contributed by atoms with Crippen molar-refractivity contribution in [2.45, 2.75) is 38.8 Å². The molecule has 0 atom stereocenters. The van der Waals surface area contributed by atoms with E-state index in [2.05, 4.69) is 9.97 Å². The van der Waals surface area contributed by atoms with Crippen molar-refractivity contribution in [2.75, 3.05) is 7.05 Å². The molecule has 160 valence electrons. The van der Waals surface area contributed by atoms with E-state index in [1.807, 2.05) is 49.5 Å². The predicted molar refractivity (Wildman–Crippen MR) is 128 cm³/mol. The summed E-state index contributed by atoms with van der Waals surface area (Å²) in [6.45, 7) is 1.08. The lowest BCUT2D eigenvalue weighted by atomic mass is 10.1. The fourth-order valence-corrected chi connectivity index (χ4v) is 4.90. The number of carbonyl (C=O) groups is 1. The van der Waals surface area contributed by atoms with Gasteiger partial charge in [0.05, 0.1) is 27.7 Å². The number of H-pyrrole nitrogens is 1. The normalized spacial score (nSPS) is 11.3. The molecule has 1 amide bonds. The van der Waals surface area contributed by atoms with Crippen LogP contribution in [0.5, 0.6) is 0 Å². The summed E-state index contributed by atoms with van der Waals surface area (Å²) in [7, 11) is 1.82. The molecule has 0 saturated carbocycles. The number of hydrogen-bond donors (Lipinski definition) is 1. The Morgan fingerprint density at radius 1 is 1.13 bits per heavy atom. The van der Waals surface area contributed by atoms with E-state index in [9.17, 15) is 9.59 Å². The van der Waals surface area contributed by atoms with Crippen molar-refractivity contribution in [2.24, 2.45) is 0 Å². The van der Waals surface area contributed by atoms with E-state index in [4.69, 9.17) is 12.2 Å². The Bertz CT molecular complexity index is 1310. The summed E-state index contributed by atoms with van der Waals surface area (Å²) < 4.78 is 3.19. The molecule has 0 aliphatic rings. The number of benzene rings is 2. The van der Waals surface area contributed by atoms with Crippen LogP contribution in [0.4, 0.5) is 0 Å². The van der Waals surface area contributed by atoms with Gasteiger partial charge in [-0.2, -0.15) is 0 Å². The van der Waals surface area contributed by atoms with E-state index in [-0.39, 0.29) is 11.5 Å². The van der Waals surface area contributed by atoms with Gasteiger partial charge >= 0.3 is 0 Å². The van der Waals surface area contributed by atoms with Crippen molar-refractivity contribution in [3.05, 3.63) is 68.7 Å². The van der Waals surface area contributed by atoms with Gasteiger partial charge in [0.25, 0.3) is 5.56 Å². The van der Waals surface area contributed by atoms with Crippen LogP contribution in [0.2, 0.25) is 0 Å². The molecule has 0 spiro atoms. The Balaban J connectivity index is 1.26. The van der Waals surface area contributed by atoms with Gasteiger partial charge in [-0.3, -0.25) is 14.2 Å². The van der Waals surface area contributed by atoms with Crippen LogP contribution in [0.25, 0.3) is 21.1 Å². The second kappa shape index (κ2) is 9.53. The maximum absolute atomic E-state index is 12.7. The zero-order valence-electron chi connectivity index (χ0n) is 17.3. The lowest BCUT2D eigenvalue weighted by Gasteiger charge is -2.15. The summed E-state index contributed by atoms with van der Waals surface area (Å²) in [4.78, 5) is 34.6. The Morgan fingerprint density at radius 3 is 2.74 bits per heavy atom. The molecule has 2 aromatic heterocycles. The van der Waals surface area contributed by atoms with Crippen LogP contribution in [-0.2, 0) is 17.9 Å². The molecule has 0 radical (unpaired) electrons. The summed E-state index contributed by atoms with van der Waals surface area (Å²) in [6, 6.07) is 15.4. The van der Waals surface area contributed by atoms with Crippen molar-refractivity contribution in [1.82, 2.24) is 19.4 Å². The molecule has 0 fully saturated rings. The number of nitrogens with one attached hydrogen (secondary N) is 1. The monoisotopic (exact) mass is 452 g/mol. The number of aromatic amines is 1. The maximum atomic E-state index is 12.7. The van der Waals surface area contributed by atoms with E-state index in [0.29, 0.717) is 29.7 Å². The molecule has 31 heavy (non-hydrogen) atoms. The SMILES string of the molecule is CN(Cc1nc2ccccc2s1)C(=O)CCCCCn1c(=S)[nH]c2ccccc2c1=O. The number of carbonyl (C=O) groups excluding carboxylic acids is 1. The van der Waals surface area contributed by atoms with Gasteiger partial charge < -0.3 is 9.88 Å². The highest BCUT2D eigenvalue weighted by molar-refractivity contribution is 7.71. The van der Waals surface area contributed by atoms with Crippen molar-refractivity contribution < 1.29 is 4.79 Å². The van der Waals surface area contributed by atoms with Crippen LogP contribution < -0.4 is 5.56 Å². The van der Waals surface area contributed by atoms with Crippen molar-refractivity contribution >= 4 is 50.6 Å². The first-order chi connectivity index (χ1) is 15.0. The lowest BCUT2D eigenvalue weighted by molar-refractivity contribution is -0.130. The summed E-state index contributed by atoms with van der Waals surface area (Å²) >= 11 is 6.97. The van der Waals surface area contributed by atoms with Gasteiger partial charge in [0.15, 0.2) is 4.77 Å². The van der Waals surface area contributed by atoms with Gasteiger partial charge in [0.1, 0.15) is 5.01 Å². The summed E-state index contributed by atoms with van der Waals surface area (Å²) in [5, 5.41) is 1.59. The fraction of sp³-hybridized carbons (Fsp3) is 0.304. The Kier molecular flexibility index (Phi) is 6.58. The number of nitrogens with zero attached hydrogens (tertiary/aromatic N) is 3. The first-order valence-corrected chi connectivity index (χ1v) is 11.6. The van der Waals surface area contributed by atoms with Crippen molar-refractivity contribution in [3.63, 3.8) is 0 Å². The molecule has 0 aliphatic carbocycles. The van der Waals surface area contributed by atoms with E-state index in [1.54, 1.807) is 26.9 Å². The summed E-state index contributed by atoms with van der Waals surface area (Å²) in [5.74, 6) is 0.111. The number of hydrogen-bond acceptors (Lipinski definition) is 5. The predicted octanol–water partition coefficient (Wildman–Crippen LogP) is 4.89. The molecule has 0 saturated heterocycles. The zero-order chi connectivity index (χ0) is 21.8. The van der Waals surface area contributed by atoms with Crippen molar-refractivity contribution in [3.8, 4) is 0 Å². The standard InChI is InChI=1S/C23H24N4O2S2/c1-26(15-20-24-18-11-6-7-12-19(18)31-20)21(28)13-3-2-8-14-27-22(29)16-9-4-5-10-17(16)25-23(27)30/h4-7,9-12H,2-3,8,13-15H2,1H3,(H,25,30). The van der Waals surface area contributed by atoms with Gasteiger partial charge in [0, 0.05) is 20.0 Å². The first-order valence-electron chi connectivity index (χ1n) is 10.3. The third kappa shape index (κ3) is 4.91. The number of unbranched alkanes of at least 4 members (excludes halogenated alkanes) is 2. The summed E-state index contributed by atoms with van der Waals surface area (Å²) in [6.07, 6.45) is 2.92. The second-order valence-electron chi connectivity index (χ2n) is 7.57. The fourth-order valence-electron chi connectivity index (χ4n) is 3.59. The second-order valence-corrected chi connectivity index (χ2v) is 9.07. The highest BCUT2D eigenvalue weighted by atomic mass is 32.1. The number of aromatic nitrogens is 3. The molecule has 8 heteroatoms. The lowest BCUT2D eigenvalue weighted by Crippen LogP contribution is -2.25. The van der Waals surface area contributed by atoms with Crippen LogP contribution in [0, 0.1) is 4.77 Å². The Labute approximate surface area is 189 Å². The van der Waals surface area contributed by atoms with Gasteiger partial charge in [-0.15, -0.1) is 11.3 Å². The molecule has 0 unspecified atom stereocenters. The molecule has 0 bridgehead atoms. The van der Waals surface area contributed by atoms with Crippen LogP contribution in [0.15, 0.2) is 53.3 Å². The zero-order valence-corrected chi connectivity index (χ0v) is 19.0. The molecule has 6 nitrogen and oxygen atoms in total. The summed E-state index contributed by atoms with van der Waals surface area (Å²) in [5.41, 5.74) is 1.67. The molecule has 1 N–H and O–H groups in total. The molecule has 4 aromatic rings. The van der Waals surface area contributed by atoms with E-state index >= 15 is 0 Å². The third-order valence-electron chi connectivity index (χ3n) is 5.30. The van der Waals surface area contributed by atoms with Gasteiger partial charge in [0.2, 0.25) is 5.91 Å². The number of para-hydroxylation sites is 2. The molecular weight excluding hydrogens is 428 g/mol. The van der Waals surface area contributed by atoms with Gasteiger partial charge in [-0.25, -0.2) is 4.98 Å². The number of rotatable bonds is 8. The van der Waals surface area contributed by atoms with E-state index in [1.165, 1.54) is 0 Å². The van der Waals surface area contributed by atoms with Gasteiger partial charge in [-0.1, -0.05) is 30.7 Å². The molecule has 2 aromatic carbocycles. The molecule has 0 aliphatic heterocycles. The minimum Gasteiger partial charge on any atom is -0.339 e. The van der Waals surface area contributed by atoms with E-state index in [0.717, 1.165) is 40.0 Å². The average Bonchev–Trinajstić information content (AvgIpc) is 3.17. The largest absolute Gasteiger partial charge is 0.339 e. The minimum atomic E-state index is -0.0639. The molecular formula is C23H24N4O2S2. The van der Waals surface area contributed by atoms with Crippen LogP contribution >= 0.6 is 23.6 Å². The van der Waals surface area contributed by atoms with E-state index < -0.39 is 0 Å². The first kappa shape index (κ1) is 21.4. The maximum Gasteiger partial charge on any atom is 0.262 e. The quantitative estimate of drug-likeness (QED) is 0.305. The minimum absolute atomic E-state index is 0.0639. The number of fused-ring (bicyclic) bond motifs is 2. The highest BCUT2D eigenvalue weighted by Crippen LogP contribution is 2.22. The van der Waals surface area contributed by atoms with Crippen LogP contribution in [0.3, 0.4) is 0 Å². The van der Waals surface area contributed by atoms with Crippen molar-refractivity contribution in [1.29, 1.82) is 0 Å². The number of amides is 1. The Morgan fingerprint density at radius 2 is 1.90 bits per heavy atom. The van der Waals surface area contributed by atoms with Crippen LogP contribution in [-0.4, -0.2) is 32.4 Å². The van der Waals surface area contributed by atoms with Crippen LogP contribution in [0.1, 0.15) is 30.7 Å². The Hall–Kier alpha value is -2.84. The highest BCUT2D eigenvalue weighted by Gasteiger charge is 2.12. The molecule has 4 rings (SSSR count). The average molecular weight is 453 g/mol. The third-order valence-corrected chi connectivity index (χ3v) is 6.64. The van der Waals surface area contributed by atoms with Gasteiger partial charge in [-0.05, 0) is 49.3 Å². The molecule has 2 heterocycles. The topological polar surface area (TPSA) is 71.0 Å².